The van der Waals surface area contributed by atoms with Crippen LogP contribution in [0.1, 0.15) is 52.4 Å². The number of aliphatic carboxylic acids is 1. The van der Waals surface area contributed by atoms with Gasteiger partial charge in [-0.05, 0) is 19.3 Å². The maximum Gasteiger partial charge on any atom is 0.320 e. The number of ketones is 1. The van der Waals surface area contributed by atoms with Crippen molar-refractivity contribution in [1.29, 1.82) is 0 Å². The van der Waals surface area contributed by atoms with Crippen LogP contribution < -0.4 is 16.8 Å². The first-order chi connectivity index (χ1) is 9.92. The molecule has 0 aromatic rings. The van der Waals surface area contributed by atoms with Gasteiger partial charge in [-0.1, -0.05) is 26.7 Å². The molecule has 0 spiro atoms. The molecule has 0 heterocycles. The van der Waals surface area contributed by atoms with Crippen LogP contribution in [0.4, 0.5) is 0 Å². The second-order valence-electron chi connectivity index (χ2n) is 5.02. The standard InChI is InChI=1S/C14H28N4O3/c1-3-5-7-10(12(19)4-2)18-11(13(20)21)8-6-9-17-14(15)16/h10-11,18H,3-9H2,1-2H3,(H,20,21)(H4,15,16,17)/t10?,11-/m0/s1. The Morgan fingerprint density at radius 2 is 1.76 bits per heavy atom. The minimum atomic E-state index is -0.954. The van der Waals surface area contributed by atoms with Crippen LogP contribution in [-0.2, 0) is 9.59 Å². The average Bonchev–Trinajstić information content (AvgIpc) is 2.44. The third-order valence-electron chi connectivity index (χ3n) is 3.23. The zero-order valence-electron chi connectivity index (χ0n) is 13.0. The molecule has 21 heavy (non-hydrogen) atoms. The number of unbranched alkanes of at least 4 members (excludes halogenated alkanes) is 1. The van der Waals surface area contributed by atoms with Crippen LogP contribution in [0.2, 0.25) is 0 Å². The fourth-order valence-corrected chi connectivity index (χ4v) is 2.02. The summed E-state index contributed by atoms with van der Waals surface area (Å²) >= 11 is 0. The van der Waals surface area contributed by atoms with Crippen LogP contribution in [0.25, 0.3) is 0 Å². The van der Waals surface area contributed by atoms with Gasteiger partial charge >= 0.3 is 5.97 Å². The number of carbonyl (C=O) groups excluding carboxylic acids is 1. The van der Waals surface area contributed by atoms with E-state index in [-0.39, 0.29) is 17.8 Å². The Kier molecular flexibility index (Phi) is 10.2. The molecule has 0 saturated heterocycles. The Morgan fingerprint density at radius 3 is 2.24 bits per heavy atom. The number of carboxylic acid groups (broad SMARTS) is 1. The lowest BCUT2D eigenvalue weighted by Crippen LogP contribution is -2.47. The Labute approximate surface area is 126 Å². The van der Waals surface area contributed by atoms with Crippen LogP contribution in [0.15, 0.2) is 4.99 Å². The average molecular weight is 300 g/mol. The molecule has 122 valence electrons. The molecule has 0 amide bonds. The van der Waals surface area contributed by atoms with Crippen molar-refractivity contribution < 1.29 is 14.7 Å². The Morgan fingerprint density at radius 1 is 1.14 bits per heavy atom. The second-order valence-corrected chi connectivity index (χ2v) is 5.02. The van der Waals surface area contributed by atoms with Gasteiger partial charge in [-0.2, -0.15) is 0 Å². The molecule has 1 unspecified atom stereocenters. The molecule has 0 aromatic heterocycles. The molecule has 0 aliphatic rings. The molecule has 0 aliphatic heterocycles. The molecule has 0 aliphatic carbocycles. The molecule has 0 bridgehead atoms. The summed E-state index contributed by atoms with van der Waals surface area (Å²) in [6.45, 7) is 4.21. The normalized spacial score (nSPS) is 13.4. The number of Topliss-reactive ketones (excluding diaryl/α,β-unsaturated/α-hetero) is 1. The first-order valence-corrected chi connectivity index (χ1v) is 7.49. The van der Waals surface area contributed by atoms with Gasteiger partial charge in [0.15, 0.2) is 5.96 Å². The van der Waals surface area contributed by atoms with Gasteiger partial charge in [0.1, 0.15) is 11.8 Å². The second kappa shape index (κ2) is 11.1. The van der Waals surface area contributed by atoms with Gasteiger partial charge in [0.05, 0.1) is 6.04 Å². The molecule has 6 N–H and O–H groups in total. The smallest absolute Gasteiger partial charge is 0.320 e. The predicted molar refractivity (Wildman–Crippen MR) is 83.1 cm³/mol. The van der Waals surface area contributed by atoms with Crippen LogP contribution in [0, 0.1) is 0 Å². The van der Waals surface area contributed by atoms with Crippen molar-refractivity contribution in [2.24, 2.45) is 16.5 Å². The van der Waals surface area contributed by atoms with Crippen LogP contribution in [-0.4, -0.2) is 41.4 Å². The number of nitrogens with one attached hydrogen (secondary N) is 1. The third kappa shape index (κ3) is 9.01. The number of hydrogen-bond donors (Lipinski definition) is 4. The highest BCUT2D eigenvalue weighted by Crippen LogP contribution is 2.08. The van der Waals surface area contributed by atoms with Gasteiger partial charge in [-0.3, -0.25) is 19.9 Å². The number of aliphatic imine (C=N–C) groups is 1. The van der Waals surface area contributed by atoms with Crippen molar-refractivity contribution in [2.75, 3.05) is 6.54 Å². The summed E-state index contributed by atoms with van der Waals surface area (Å²) in [5.74, 6) is -0.902. The van der Waals surface area contributed by atoms with Gasteiger partial charge in [-0.15, -0.1) is 0 Å². The summed E-state index contributed by atoms with van der Waals surface area (Å²) < 4.78 is 0. The number of nitrogens with two attached hydrogens (primary N) is 2. The summed E-state index contributed by atoms with van der Waals surface area (Å²) in [6, 6.07) is -1.14. The molecular weight excluding hydrogens is 272 g/mol. The minimum absolute atomic E-state index is 0.00295. The first kappa shape index (κ1) is 19.4. The molecule has 7 nitrogen and oxygen atoms in total. The monoisotopic (exact) mass is 300 g/mol. The third-order valence-corrected chi connectivity index (χ3v) is 3.23. The van der Waals surface area contributed by atoms with Crippen molar-refractivity contribution in [3.8, 4) is 0 Å². The number of carbonyl (C=O) groups is 2. The molecule has 0 aromatic carbocycles. The van der Waals surface area contributed by atoms with Crippen LogP contribution in [0.5, 0.6) is 0 Å². The number of hydrogen-bond acceptors (Lipinski definition) is 4. The van der Waals surface area contributed by atoms with E-state index in [1.165, 1.54) is 0 Å². The fraction of sp³-hybridized carbons (Fsp3) is 0.786. The maximum absolute atomic E-state index is 11.9. The molecule has 0 saturated carbocycles. The summed E-state index contributed by atoms with van der Waals surface area (Å²) in [7, 11) is 0. The zero-order valence-corrected chi connectivity index (χ0v) is 13.0. The summed E-state index contributed by atoms with van der Waals surface area (Å²) in [5, 5.41) is 12.2. The van der Waals surface area contributed by atoms with Gasteiger partial charge in [0, 0.05) is 13.0 Å². The van der Waals surface area contributed by atoms with E-state index in [1.54, 1.807) is 6.92 Å². The van der Waals surface area contributed by atoms with E-state index in [9.17, 15) is 14.7 Å². The Balaban J connectivity index is 4.51. The van der Waals surface area contributed by atoms with Crippen LogP contribution >= 0.6 is 0 Å². The zero-order chi connectivity index (χ0) is 16.3. The predicted octanol–water partition coefficient (Wildman–Crippen LogP) is 0.621. The van der Waals surface area contributed by atoms with Gasteiger partial charge in [0.25, 0.3) is 0 Å². The van der Waals surface area contributed by atoms with E-state index in [0.29, 0.717) is 32.2 Å². The first-order valence-electron chi connectivity index (χ1n) is 7.49. The Hall–Kier alpha value is -1.63. The highest BCUT2D eigenvalue weighted by atomic mass is 16.4. The van der Waals surface area contributed by atoms with Crippen molar-refractivity contribution >= 4 is 17.7 Å². The fourth-order valence-electron chi connectivity index (χ4n) is 2.02. The lowest BCUT2D eigenvalue weighted by molar-refractivity contribution is -0.140. The number of rotatable bonds is 12. The highest BCUT2D eigenvalue weighted by Gasteiger charge is 2.24. The van der Waals surface area contributed by atoms with E-state index < -0.39 is 12.0 Å². The van der Waals surface area contributed by atoms with E-state index >= 15 is 0 Å². The van der Waals surface area contributed by atoms with E-state index in [1.807, 2.05) is 6.92 Å². The highest BCUT2D eigenvalue weighted by molar-refractivity contribution is 5.84. The number of carboxylic acids is 1. The lowest BCUT2D eigenvalue weighted by Gasteiger charge is -2.22. The molecule has 0 rings (SSSR count). The van der Waals surface area contributed by atoms with Crippen molar-refractivity contribution in [3.05, 3.63) is 0 Å². The van der Waals surface area contributed by atoms with Gasteiger partial charge < -0.3 is 16.6 Å². The molecule has 7 heteroatoms. The van der Waals surface area contributed by atoms with Crippen molar-refractivity contribution in [3.63, 3.8) is 0 Å². The lowest BCUT2D eigenvalue weighted by atomic mass is 10.0. The summed E-state index contributed by atoms with van der Waals surface area (Å²) in [6.07, 6.45) is 3.86. The van der Waals surface area contributed by atoms with E-state index in [0.717, 1.165) is 12.8 Å². The number of nitrogens with zero attached hydrogens (tertiary/aromatic N) is 1. The van der Waals surface area contributed by atoms with Crippen LogP contribution in [0.3, 0.4) is 0 Å². The minimum Gasteiger partial charge on any atom is -0.480 e. The maximum atomic E-state index is 11.9. The number of guanidine groups is 1. The molecule has 0 fully saturated rings. The summed E-state index contributed by atoms with van der Waals surface area (Å²) in [5.41, 5.74) is 10.4. The van der Waals surface area contributed by atoms with Gasteiger partial charge in [0.2, 0.25) is 0 Å². The van der Waals surface area contributed by atoms with Gasteiger partial charge in [-0.25, -0.2) is 0 Å². The molecular formula is C14H28N4O3. The van der Waals surface area contributed by atoms with Crippen molar-refractivity contribution in [1.82, 2.24) is 5.32 Å². The largest absolute Gasteiger partial charge is 0.480 e. The topological polar surface area (TPSA) is 131 Å². The quantitative estimate of drug-likeness (QED) is 0.237. The van der Waals surface area contributed by atoms with Crippen molar-refractivity contribution in [2.45, 2.75) is 64.5 Å². The van der Waals surface area contributed by atoms with E-state index in [2.05, 4.69) is 10.3 Å². The molecule has 2 atom stereocenters. The molecule has 0 radical (unpaired) electrons. The summed E-state index contributed by atoms with van der Waals surface area (Å²) in [4.78, 5) is 27.0. The van der Waals surface area contributed by atoms with E-state index in [4.69, 9.17) is 11.5 Å². The Bertz CT molecular complexity index is 354. The SMILES string of the molecule is CCCCC(N[C@@H](CCCN=C(N)N)C(=O)O)C(=O)CC.